The molecule has 0 aromatic carbocycles. The highest BCUT2D eigenvalue weighted by Crippen LogP contribution is 2.45. The summed E-state index contributed by atoms with van der Waals surface area (Å²) in [6.45, 7) is 1.76. The van der Waals surface area contributed by atoms with Gasteiger partial charge in [0.25, 0.3) is 0 Å². The molecule has 2 aliphatic carbocycles. The van der Waals surface area contributed by atoms with Crippen LogP contribution in [0.2, 0.25) is 0 Å². The molecule has 3 rings (SSSR count). The first-order valence-corrected chi connectivity index (χ1v) is 7.27. The van der Waals surface area contributed by atoms with Gasteiger partial charge in [-0.2, -0.15) is 0 Å². The second-order valence-electron chi connectivity index (χ2n) is 6.29. The SMILES string of the molecule is CC1(C2CC2)NC(=O)C(C2CC2)N(CCCF)C1=O. The predicted octanol–water partition coefficient (Wildman–Crippen LogP) is 1.25. The van der Waals surface area contributed by atoms with Crippen molar-refractivity contribution in [1.29, 1.82) is 0 Å². The molecular formula is C14H21FN2O2. The number of nitrogens with zero attached hydrogens (tertiary/aromatic N) is 1. The fourth-order valence-corrected chi connectivity index (χ4v) is 3.24. The number of carbonyl (C=O) groups is 2. The minimum absolute atomic E-state index is 0.0000463. The lowest BCUT2D eigenvalue weighted by Crippen LogP contribution is -2.70. The molecule has 3 aliphatic rings. The van der Waals surface area contributed by atoms with Crippen LogP contribution in [0.25, 0.3) is 0 Å². The van der Waals surface area contributed by atoms with E-state index in [1.807, 2.05) is 6.92 Å². The minimum Gasteiger partial charge on any atom is -0.340 e. The molecule has 106 valence electrons. The van der Waals surface area contributed by atoms with Crippen molar-refractivity contribution in [1.82, 2.24) is 10.2 Å². The van der Waals surface area contributed by atoms with Gasteiger partial charge in [-0.1, -0.05) is 0 Å². The monoisotopic (exact) mass is 268 g/mol. The van der Waals surface area contributed by atoms with Crippen LogP contribution in [-0.2, 0) is 9.59 Å². The van der Waals surface area contributed by atoms with Crippen LogP contribution in [0.3, 0.4) is 0 Å². The first kappa shape index (κ1) is 12.9. The van der Waals surface area contributed by atoms with Crippen molar-refractivity contribution < 1.29 is 14.0 Å². The fourth-order valence-electron chi connectivity index (χ4n) is 3.24. The molecule has 0 radical (unpaired) electrons. The van der Waals surface area contributed by atoms with E-state index in [0.29, 0.717) is 13.0 Å². The van der Waals surface area contributed by atoms with Crippen molar-refractivity contribution in [2.45, 2.75) is 50.6 Å². The smallest absolute Gasteiger partial charge is 0.249 e. The first-order chi connectivity index (χ1) is 9.08. The molecule has 2 saturated carbocycles. The number of nitrogens with one attached hydrogen (secondary N) is 1. The van der Waals surface area contributed by atoms with E-state index in [1.165, 1.54) is 0 Å². The number of rotatable bonds is 5. The lowest BCUT2D eigenvalue weighted by Gasteiger charge is -2.45. The van der Waals surface area contributed by atoms with Gasteiger partial charge in [0.1, 0.15) is 11.6 Å². The molecular weight excluding hydrogens is 247 g/mol. The summed E-state index contributed by atoms with van der Waals surface area (Å²) in [5.74, 6) is 0.514. The number of hydrogen-bond donors (Lipinski definition) is 1. The van der Waals surface area contributed by atoms with E-state index < -0.39 is 12.2 Å². The number of amides is 2. The Morgan fingerprint density at radius 3 is 2.53 bits per heavy atom. The number of alkyl halides is 1. The average molecular weight is 268 g/mol. The molecule has 0 spiro atoms. The molecule has 1 saturated heterocycles. The highest BCUT2D eigenvalue weighted by molar-refractivity contribution is 6.00. The van der Waals surface area contributed by atoms with Crippen molar-refractivity contribution in [2.75, 3.05) is 13.2 Å². The van der Waals surface area contributed by atoms with Gasteiger partial charge in [-0.25, -0.2) is 0 Å². The third kappa shape index (κ3) is 2.13. The Morgan fingerprint density at radius 1 is 1.32 bits per heavy atom. The lowest BCUT2D eigenvalue weighted by atomic mass is 9.88. The van der Waals surface area contributed by atoms with E-state index >= 15 is 0 Å². The number of hydrogen-bond acceptors (Lipinski definition) is 2. The van der Waals surface area contributed by atoms with Gasteiger partial charge < -0.3 is 10.2 Å². The largest absolute Gasteiger partial charge is 0.340 e. The summed E-state index contributed by atoms with van der Waals surface area (Å²) in [4.78, 5) is 26.7. The number of piperazine rings is 1. The van der Waals surface area contributed by atoms with Crippen LogP contribution in [-0.4, -0.2) is 41.5 Å². The summed E-state index contributed by atoms with van der Waals surface area (Å²) in [7, 11) is 0. The molecule has 0 aromatic rings. The van der Waals surface area contributed by atoms with Gasteiger partial charge in [0, 0.05) is 6.54 Å². The Hall–Kier alpha value is -1.13. The maximum absolute atomic E-state index is 12.7. The Labute approximate surface area is 112 Å². The molecule has 4 nitrogen and oxygen atoms in total. The number of carbonyl (C=O) groups excluding carboxylic acids is 2. The molecule has 3 fully saturated rings. The van der Waals surface area contributed by atoms with Gasteiger partial charge in [-0.15, -0.1) is 0 Å². The highest BCUT2D eigenvalue weighted by Gasteiger charge is 2.57. The van der Waals surface area contributed by atoms with Crippen LogP contribution >= 0.6 is 0 Å². The molecule has 0 aromatic heterocycles. The number of halogens is 1. The summed E-state index contributed by atoms with van der Waals surface area (Å²) >= 11 is 0. The second-order valence-corrected chi connectivity index (χ2v) is 6.29. The van der Waals surface area contributed by atoms with E-state index in [1.54, 1.807) is 4.90 Å². The summed E-state index contributed by atoms with van der Waals surface area (Å²) in [5, 5.41) is 2.96. The predicted molar refractivity (Wildman–Crippen MR) is 68.1 cm³/mol. The Kier molecular flexibility index (Phi) is 3.02. The molecule has 19 heavy (non-hydrogen) atoms. The van der Waals surface area contributed by atoms with E-state index in [4.69, 9.17) is 0 Å². The van der Waals surface area contributed by atoms with Crippen LogP contribution in [0, 0.1) is 11.8 Å². The van der Waals surface area contributed by atoms with Gasteiger partial charge in [0.15, 0.2) is 0 Å². The maximum atomic E-state index is 12.7. The van der Waals surface area contributed by atoms with Gasteiger partial charge in [0.2, 0.25) is 11.8 Å². The third-order valence-electron chi connectivity index (χ3n) is 4.69. The van der Waals surface area contributed by atoms with Crippen LogP contribution < -0.4 is 5.32 Å². The standard InChI is InChI=1S/C14H21FN2O2/c1-14(10-5-6-10)13(19)17(8-2-7-15)11(9-3-4-9)12(18)16-14/h9-11H,2-8H2,1H3,(H,16,18). The van der Waals surface area contributed by atoms with Crippen molar-refractivity contribution >= 4 is 11.8 Å². The van der Waals surface area contributed by atoms with Crippen molar-refractivity contribution in [3.05, 3.63) is 0 Å². The van der Waals surface area contributed by atoms with Crippen LogP contribution in [0.5, 0.6) is 0 Å². The van der Waals surface area contributed by atoms with Gasteiger partial charge >= 0.3 is 0 Å². The Bertz CT molecular complexity index is 406. The molecule has 2 amide bonds. The van der Waals surface area contributed by atoms with Crippen LogP contribution in [0.4, 0.5) is 4.39 Å². The zero-order valence-corrected chi connectivity index (χ0v) is 11.3. The summed E-state index contributed by atoms with van der Waals surface area (Å²) in [5.41, 5.74) is -0.751. The van der Waals surface area contributed by atoms with Crippen molar-refractivity contribution in [2.24, 2.45) is 11.8 Å². The normalized spacial score (nSPS) is 35.5. The maximum Gasteiger partial charge on any atom is 0.249 e. The van der Waals surface area contributed by atoms with E-state index in [9.17, 15) is 14.0 Å². The van der Waals surface area contributed by atoms with E-state index in [-0.39, 0.29) is 29.7 Å². The Morgan fingerprint density at radius 2 is 2.00 bits per heavy atom. The minimum atomic E-state index is -0.751. The van der Waals surface area contributed by atoms with Crippen molar-refractivity contribution in [3.63, 3.8) is 0 Å². The zero-order valence-electron chi connectivity index (χ0n) is 11.3. The molecule has 5 heteroatoms. The second kappa shape index (κ2) is 4.46. The quantitative estimate of drug-likeness (QED) is 0.816. The zero-order chi connectivity index (χ0) is 13.6. The summed E-state index contributed by atoms with van der Waals surface area (Å²) in [6.07, 6.45) is 4.30. The molecule has 1 N–H and O–H groups in total. The lowest BCUT2D eigenvalue weighted by molar-refractivity contribution is -0.156. The average Bonchev–Trinajstić information content (AvgIpc) is 3.23. The first-order valence-electron chi connectivity index (χ1n) is 7.27. The third-order valence-corrected chi connectivity index (χ3v) is 4.69. The van der Waals surface area contributed by atoms with Gasteiger partial charge in [-0.3, -0.25) is 14.0 Å². The fraction of sp³-hybridized carbons (Fsp3) is 0.857. The van der Waals surface area contributed by atoms with E-state index in [2.05, 4.69) is 5.32 Å². The van der Waals surface area contributed by atoms with Crippen LogP contribution in [0.1, 0.15) is 39.0 Å². The topological polar surface area (TPSA) is 49.4 Å². The summed E-state index contributed by atoms with van der Waals surface area (Å²) in [6, 6.07) is -0.356. The molecule has 1 heterocycles. The summed E-state index contributed by atoms with van der Waals surface area (Å²) < 4.78 is 12.4. The van der Waals surface area contributed by atoms with Gasteiger partial charge in [-0.05, 0) is 50.9 Å². The molecule has 2 atom stereocenters. The van der Waals surface area contributed by atoms with Crippen molar-refractivity contribution in [3.8, 4) is 0 Å². The van der Waals surface area contributed by atoms with Gasteiger partial charge in [0.05, 0.1) is 6.67 Å². The highest BCUT2D eigenvalue weighted by atomic mass is 19.1. The van der Waals surface area contributed by atoms with Crippen LogP contribution in [0.15, 0.2) is 0 Å². The molecule has 0 bridgehead atoms. The Balaban J connectivity index is 1.84. The molecule has 2 unspecified atom stereocenters. The molecule has 1 aliphatic heterocycles. The van der Waals surface area contributed by atoms with E-state index in [0.717, 1.165) is 25.7 Å².